The number of rotatable bonds is 7. The number of benzene rings is 2. The SMILES string of the molecule is CCOc1cccc2cc(C(C)NS(=O)(=O)c3ccc(OC)cc3C)oc12. The van der Waals surface area contributed by atoms with Crippen molar-refractivity contribution < 1.29 is 22.3 Å². The summed E-state index contributed by atoms with van der Waals surface area (Å²) in [5, 5.41) is 0.864. The first-order valence-corrected chi connectivity index (χ1v) is 10.2. The maximum Gasteiger partial charge on any atom is 0.241 e. The predicted octanol–water partition coefficient (Wildman–Crippen LogP) is 4.19. The van der Waals surface area contributed by atoms with Gasteiger partial charge in [0.05, 0.1) is 24.7 Å². The molecule has 0 spiro atoms. The van der Waals surface area contributed by atoms with Crippen molar-refractivity contribution in [3.63, 3.8) is 0 Å². The summed E-state index contributed by atoms with van der Waals surface area (Å²) in [4.78, 5) is 0.210. The van der Waals surface area contributed by atoms with Crippen LogP contribution in [0.3, 0.4) is 0 Å². The van der Waals surface area contributed by atoms with Crippen molar-refractivity contribution in [2.24, 2.45) is 0 Å². The highest BCUT2D eigenvalue weighted by Gasteiger charge is 2.23. The monoisotopic (exact) mass is 389 g/mol. The fraction of sp³-hybridized carbons (Fsp3) is 0.300. The maximum atomic E-state index is 12.8. The van der Waals surface area contributed by atoms with Gasteiger partial charge >= 0.3 is 0 Å². The van der Waals surface area contributed by atoms with E-state index in [0.29, 0.717) is 35.0 Å². The molecule has 1 heterocycles. The number of methoxy groups -OCH3 is 1. The van der Waals surface area contributed by atoms with Gasteiger partial charge in [0, 0.05) is 5.39 Å². The van der Waals surface area contributed by atoms with Gasteiger partial charge in [-0.2, -0.15) is 0 Å². The molecule has 1 atom stereocenters. The number of hydrogen-bond donors (Lipinski definition) is 1. The molecule has 1 N–H and O–H groups in total. The molecule has 0 aliphatic rings. The summed E-state index contributed by atoms with van der Waals surface area (Å²) in [6.45, 7) is 5.90. The number of hydrogen-bond acceptors (Lipinski definition) is 5. The first kappa shape index (κ1) is 19.3. The lowest BCUT2D eigenvalue weighted by Crippen LogP contribution is -2.27. The molecule has 144 valence electrons. The van der Waals surface area contributed by atoms with Gasteiger partial charge in [-0.15, -0.1) is 0 Å². The summed E-state index contributed by atoms with van der Waals surface area (Å²) < 4.78 is 44.9. The quantitative estimate of drug-likeness (QED) is 0.656. The molecule has 0 bridgehead atoms. The van der Waals surface area contributed by atoms with Crippen LogP contribution in [0.4, 0.5) is 0 Å². The molecular formula is C20H23NO5S. The Balaban J connectivity index is 1.89. The fourth-order valence-electron chi connectivity index (χ4n) is 2.94. The van der Waals surface area contributed by atoms with E-state index < -0.39 is 16.1 Å². The van der Waals surface area contributed by atoms with E-state index in [1.54, 1.807) is 33.1 Å². The Morgan fingerprint density at radius 3 is 2.63 bits per heavy atom. The molecule has 0 saturated carbocycles. The molecule has 0 aliphatic heterocycles. The topological polar surface area (TPSA) is 77.8 Å². The Bertz CT molecular complexity index is 1060. The summed E-state index contributed by atoms with van der Waals surface area (Å²) in [7, 11) is -2.17. The van der Waals surface area contributed by atoms with Crippen molar-refractivity contribution in [2.45, 2.75) is 31.7 Å². The molecule has 1 aromatic heterocycles. The molecule has 27 heavy (non-hydrogen) atoms. The Morgan fingerprint density at radius 2 is 1.96 bits per heavy atom. The Morgan fingerprint density at radius 1 is 1.19 bits per heavy atom. The van der Waals surface area contributed by atoms with Crippen molar-refractivity contribution in [1.29, 1.82) is 0 Å². The molecule has 1 unspecified atom stereocenters. The lowest BCUT2D eigenvalue weighted by atomic mass is 10.2. The molecule has 3 rings (SSSR count). The van der Waals surface area contributed by atoms with Gasteiger partial charge in [-0.25, -0.2) is 13.1 Å². The molecule has 0 aliphatic carbocycles. The minimum absolute atomic E-state index is 0.210. The van der Waals surface area contributed by atoms with Crippen LogP contribution < -0.4 is 14.2 Å². The van der Waals surface area contributed by atoms with Gasteiger partial charge in [0.2, 0.25) is 10.0 Å². The number of aryl methyl sites for hydroxylation is 1. The third-order valence-electron chi connectivity index (χ3n) is 4.26. The predicted molar refractivity (Wildman–Crippen MR) is 104 cm³/mol. The van der Waals surface area contributed by atoms with Crippen LogP contribution in [-0.2, 0) is 10.0 Å². The van der Waals surface area contributed by atoms with E-state index in [2.05, 4.69) is 4.72 Å². The van der Waals surface area contributed by atoms with Gasteiger partial charge in [-0.05, 0) is 56.7 Å². The van der Waals surface area contributed by atoms with Gasteiger partial charge < -0.3 is 13.9 Å². The summed E-state index contributed by atoms with van der Waals surface area (Å²) in [5.74, 6) is 1.77. The van der Waals surface area contributed by atoms with E-state index >= 15 is 0 Å². The van der Waals surface area contributed by atoms with Crippen LogP contribution in [0.15, 0.2) is 51.8 Å². The zero-order valence-corrected chi connectivity index (χ0v) is 16.6. The third kappa shape index (κ3) is 3.94. The van der Waals surface area contributed by atoms with Crippen molar-refractivity contribution in [2.75, 3.05) is 13.7 Å². The van der Waals surface area contributed by atoms with E-state index in [4.69, 9.17) is 13.9 Å². The van der Waals surface area contributed by atoms with Crippen molar-refractivity contribution in [3.8, 4) is 11.5 Å². The Hall–Kier alpha value is -2.51. The number of fused-ring (bicyclic) bond motifs is 1. The van der Waals surface area contributed by atoms with Crippen LogP contribution in [0.2, 0.25) is 0 Å². The third-order valence-corrected chi connectivity index (χ3v) is 5.96. The standard InChI is InChI=1S/C20H23NO5S/c1-5-25-17-8-6-7-15-12-18(26-20(15)17)14(3)21-27(22,23)19-10-9-16(24-4)11-13(19)2/h6-12,14,21H,5H2,1-4H3. The van der Waals surface area contributed by atoms with Crippen molar-refractivity contribution >= 4 is 21.0 Å². The number of sulfonamides is 1. The molecule has 0 amide bonds. The summed E-state index contributed by atoms with van der Waals surface area (Å²) in [5.41, 5.74) is 1.22. The fourth-order valence-corrected chi connectivity index (χ4v) is 4.38. The summed E-state index contributed by atoms with van der Waals surface area (Å²) >= 11 is 0. The van der Waals surface area contributed by atoms with Gasteiger partial charge in [-0.3, -0.25) is 0 Å². The highest BCUT2D eigenvalue weighted by Crippen LogP contribution is 2.32. The summed E-state index contributed by atoms with van der Waals surface area (Å²) in [6, 6.07) is 11.7. The highest BCUT2D eigenvalue weighted by atomic mass is 32.2. The number of para-hydroxylation sites is 1. The molecular weight excluding hydrogens is 366 g/mol. The van der Waals surface area contributed by atoms with Gasteiger partial charge in [0.25, 0.3) is 0 Å². The largest absolute Gasteiger partial charge is 0.497 e. The number of ether oxygens (including phenoxy) is 2. The van der Waals surface area contributed by atoms with Crippen LogP contribution >= 0.6 is 0 Å². The average molecular weight is 389 g/mol. The average Bonchev–Trinajstić information content (AvgIpc) is 3.06. The lowest BCUT2D eigenvalue weighted by molar-refractivity contribution is 0.336. The van der Waals surface area contributed by atoms with Crippen molar-refractivity contribution in [1.82, 2.24) is 4.72 Å². The smallest absolute Gasteiger partial charge is 0.241 e. The molecule has 2 aromatic carbocycles. The summed E-state index contributed by atoms with van der Waals surface area (Å²) in [6.07, 6.45) is 0. The highest BCUT2D eigenvalue weighted by molar-refractivity contribution is 7.89. The molecule has 0 fully saturated rings. The second-order valence-electron chi connectivity index (χ2n) is 6.23. The lowest BCUT2D eigenvalue weighted by Gasteiger charge is -2.14. The second kappa shape index (κ2) is 7.62. The van der Waals surface area contributed by atoms with Gasteiger partial charge in [0.15, 0.2) is 11.3 Å². The normalized spacial score (nSPS) is 12.9. The van der Waals surface area contributed by atoms with E-state index in [1.165, 1.54) is 6.07 Å². The number of furan rings is 1. The van der Waals surface area contributed by atoms with E-state index in [9.17, 15) is 8.42 Å². The minimum atomic E-state index is -3.72. The first-order chi connectivity index (χ1) is 12.9. The van der Waals surface area contributed by atoms with Crippen molar-refractivity contribution in [3.05, 3.63) is 53.8 Å². The van der Waals surface area contributed by atoms with Gasteiger partial charge in [0.1, 0.15) is 11.5 Å². The van der Waals surface area contributed by atoms with Crippen LogP contribution in [0.25, 0.3) is 11.0 Å². The van der Waals surface area contributed by atoms with Crippen LogP contribution in [0.1, 0.15) is 31.2 Å². The zero-order valence-electron chi connectivity index (χ0n) is 15.8. The van der Waals surface area contributed by atoms with Gasteiger partial charge in [-0.1, -0.05) is 12.1 Å². The van der Waals surface area contributed by atoms with Crippen LogP contribution in [0.5, 0.6) is 11.5 Å². The van der Waals surface area contributed by atoms with E-state index in [1.807, 2.05) is 31.2 Å². The minimum Gasteiger partial charge on any atom is -0.497 e. The molecule has 3 aromatic rings. The van der Waals surface area contributed by atoms with Crippen LogP contribution in [0, 0.1) is 6.92 Å². The first-order valence-electron chi connectivity index (χ1n) is 8.68. The Labute approximate surface area is 159 Å². The van der Waals surface area contributed by atoms with Crippen LogP contribution in [-0.4, -0.2) is 22.1 Å². The zero-order chi connectivity index (χ0) is 19.6. The molecule has 6 nitrogen and oxygen atoms in total. The molecule has 0 radical (unpaired) electrons. The van der Waals surface area contributed by atoms with E-state index in [0.717, 1.165) is 5.39 Å². The number of nitrogens with one attached hydrogen (secondary N) is 1. The molecule has 0 saturated heterocycles. The second-order valence-corrected chi connectivity index (χ2v) is 7.91. The van der Waals surface area contributed by atoms with E-state index in [-0.39, 0.29) is 4.90 Å². The maximum absolute atomic E-state index is 12.8. The Kier molecular flexibility index (Phi) is 5.43. The molecule has 7 heteroatoms.